The molecule has 1 N–H and O–H groups in total. The predicted octanol–water partition coefficient (Wildman–Crippen LogP) is -0.949. The standard InChI is InChI=1S/Ba.2Fe.H2O.O.H/h;;;1H2;;/q+1;;;;;/p-1. The van der Waals surface area contributed by atoms with E-state index in [9.17, 15) is 0 Å². The van der Waals surface area contributed by atoms with E-state index in [0.29, 0.717) is 0 Å². The van der Waals surface area contributed by atoms with E-state index in [2.05, 4.69) is 0 Å². The summed E-state index contributed by atoms with van der Waals surface area (Å²) in [5.41, 5.74) is 0. The number of hydrogen-bond acceptors (Lipinski definition) is 2. The average molecular weight is 283 g/mol. The van der Waals surface area contributed by atoms with Gasteiger partial charge in [0, 0.05) is 17.1 Å². The topological polar surface area (TPSA) is 47.1 Å². The van der Waals surface area contributed by atoms with Crippen LogP contribution in [0.2, 0.25) is 0 Å². The van der Waals surface area contributed by atoms with Crippen LogP contribution in [0.3, 0.4) is 0 Å². The van der Waals surface area contributed by atoms with Crippen molar-refractivity contribution in [1.82, 2.24) is 0 Å². The molecule has 0 saturated carbocycles. The molecule has 0 aromatic carbocycles. The Hall–Kier alpha value is 2.37. The monoisotopic (exact) mass is 284 g/mol. The molecule has 0 aliphatic heterocycles. The second kappa shape index (κ2) is 32.7. The normalized spacial score (nSPS) is 1.00. The Morgan fingerprint density at radius 2 is 1.20 bits per heavy atom. The van der Waals surface area contributed by atoms with Gasteiger partial charge in [0.05, 0.1) is 0 Å². The van der Waals surface area contributed by atoms with Crippen LogP contribution in [0.25, 0.3) is 0 Å². The molecule has 0 spiro atoms. The molecule has 0 rings (SSSR count). The van der Waals surface area contributed by atoms with Crippen LogP contribution in [0.1, 0.15) is 0 Å². The molecule has 0 bridgehead atoms. The Bertz CT molecular complexity index is 7.61. The Kier molecular flexibility index (Phi) is 172. The molecule has 0 heterocycles. The summed E-state index contributed by atoms with van der Waals surface area (Å²) < 4.78 is 8.00. The van der Waals surface area contributed by atoms with E-state index in [0.717, 1.165) is 0 Å². The van der Waals surface area contributed by atoms with Crippen LogP contribution in [-0.4, -0.2) is 54.4 Å². The molecule has 0 aliphatic rings. The van der Waals surface area contributed by atoms with E-state index in [1.54, 1.807) is 0 Å². The summed E-state index contributed by atoms with van der Waals surface area (Å²) in [4.78, 5) is 0. The molecule has 0 saturated heterocycles. The molecule has 5 heteroatoms. The van der Waals surface area contributed by atoms with Crippen LogP contribution >= 0.6 is 0 Å². The molecule has 0 unspecified atom stereocenters. The summed E-state index contributed by atoms with van der Waals surface area (Å²) in [6.45, 7) is 0. The Balaban J connectivity index is -0.00000000167. The van der Waals surface area contributed by atoms with Crippen molar-refractivity contribution in [3.63, 3.8) is 0 Å². The third kappa shape index (κ3) is 21.7. The van der Waals surface area contributed by atoms with Crippen LogP contribution in [0.15, 0.2) is 0 Å². The van der Waals surface area contributed by atoms with Gasteiger partial charge in [-0.2, -0.15) is 0 Å². The van der Waals surface area contributed by atoms with Crippen molar-refractivity contribution < 1.29 is 42.3 Å². The zero-order valence-corrected chi connectivity index (χ0v) is 11.1. The van der Waals surface area contributed by atoms with Gasteiger partial charge >= 0.3 is 68.7 Å². The second-order valence-electron chi connectivity index (χ2n) is 0. The minimum atomic E-state index is 0. The van der Waals surface area contributed by atoms with E-state index >= 15 is 0 Å². The van der Waals surface area contributed by atoms with E-state index in [-0.39, 0.29) is 71.4 Å². The quantitative estimate of drug-likeness (QED) is 0.538. The average Bonchev–Trinajstić information content (AvgIpc) is 1.00. The third-order valence-electron chi connectivity index (χ3n) is 0. The molecule has 0 fully saturated rings. The van der Waals surface area contributed by atoms with E-state index in [4.69, 9.17) is 3.83 Å². The first-order valence-corrected chi connectivity index (χ1v) is 0.595. The van der Waals surface area contributed by atoms with Gasteiger partial charge in [0.1, 0.15) is 0 Å². The fourth-order valence-corrected chi connectivity index (χ4v) is 0. The summed E-state index contributed by atoms with van der Waals surface area (Å²) in [5, 5.41) is 0. The summed E-state index contributed by atoms with van der Waals surface area (Å²) in [5.74, 6) is 0. The van der Waals surface area contributed by atoms with Gasteiger partial charge in [-0.05, 0) is 0 Å². The Morgan fingerprint density at radius 1 is 1.20 bits per heavy atom. The van der Waals surface area contributed by atoms with Gasteiger partial charge in [-0.3, -0.25) is 0 Å². The van der Waals surface area contributed by atoms with Crippen molar-refractivity contribution in [3.8, 4) is 0 Å². The minimum absolute atomic E-state index is 0. The van der Waals surface area contributed by atoms with Gasteiger partial charge in [-0.15, -0.1) is 0 Å². The maximum absolute atomic E-state index is 8.00. The summed E-state index contributed by atoms with van der Waals surface area (Å²) in [6, 6.07) is 0. The van der Waals surface area contributed by atoms with Crippen molar-refractivity contribution in [2.45, 2.75) is 0 Å². The number of hydrogen-bond donors (Lipinski definition) is 0. The van der Waals surface area contributed by atoms with Gasteiger partial charge in [0.2, 0.25) is 0 Å². The van der Waals surface area contributed by atoms with Crippen molar-refractivity contribution in [3.05, 3.63) is 0 Å². The van der Waals surface area contributed by atoms with Gasteiger partial charge in [0.15, 0.2) is 0 Å². The van der Waals surface area contributed by atoms with Crippen LogP contribution in [0.4, 0.5) is 0 Å². The molecule has 0 amide bonds. The molecule has 32 valence electrons. The fourth-order valence-electron chi connectivity index (χ4n) is 0. The molecule has 0 radical (unpaired) electrons. The third-order valence-corrected chi connectivity index (χ3v) is 0. The summed E-state index contributed by atoms with van der Waals surface area (Å²) >= 11 is 2.00. The molecule has 0 aliphatic carbocycles. The van der Waals surface area contributed by atoms with Gasteiger partial charge in [-0.1, -0.05) is 0 Å². The predicted molar refractivity (Wildman–Crippen MR) is 9.77 cm³/mol. The van der Waals surface area contributed by atoms with Gasteiger partial charge in [0.25, 0.3) is 0 Å². The van der Waals surface area contributed by atoms with E-state index < -0.39 is 0 Å². The zero-order chi connectivity index (χ0) is 2.00. The van der Waals surface area contributed by atoms with Crippen LogP contribution in [0, 0.1) is 0 Å². The van der Waals surface area contributed by atoms with Crippen LogP contribution in [0.5, 0.6) is 0 Å². The first kappa shape index (κ1) is 26.3. The zero-order valence-electron chi connectivity index (χ0n) is 2.56. The fraction of sp³-hybridized carbons (Fsp3) is 0. The van der Waals surface area contributed by atoms with Crippen molar-refractivity contribution in [2.24, 2.45) is 0 Å². The van der Waals surface area contributed by atoms with Crippen LogP contribution in [-0.2, 0) is 36.8 Å². The SMILES string of the molecule is [BaH+].[Fe].[OH-].[O]=[Fe]. The molecular weight excluding hydrogens is 281 g/mol. The Labute approximate surface area is 89.3 Å². The first-order chi connectivity index (χ1) is 1.00. The van der Waals surface area contributed by atoms with Crippen molar-refractivity contribution in [1.29, 1.82) is 0 Å². The molecule has 5 heavy (non-hydrogen) atoms. The second-order valence-corrected chi connectivity index (χ2v) is 0. The molecule has 0 aromatic heterocycles. The van der Waals surface area contributed by atoms with Gasteiger partial charge in [-0.25, -0.2) is 0 Å². The maximum atomic E-state index is 8.00. The van der Waals surface area contributed by atoms with E-state index in [1.165, 1.54) is 0 Å². The molecule has 0 atom stereocenters. The first-order valence-electron chi connectivity index (χ1n) is 0.144. The summed E-state index contributed by atoms with van der Waals surface area (Å²) in [7, 11) is 0. The van der Waals surface area contributed by atoms with Gasteiger partial charge < -0.3 is 5.48 Å². The Morgan fingerprint density at radius 3 is 1.20 bits per heavy atom. The summed E-state index contributed by atoms with van der Waals surface area (Å²) in [6.07, 6.45) is 0. The number of rotatable bonds is 0. The molecular formula is H2BaFe2O2. The molecule has 2 nitrogen and oxygen atoms in total. The molecule has 0 aromatic rings. The van der Waals surface area contributed by atoms with Crippen molar-refractivity contribution in [2.75, 3.05) is 0 Å². The van der Waals surface area contributed by atoms with E-state index in [1.807, 2.05) is 15.9 Å². The van der Waals surface area contributed by atoms with Crippen LogP contribution < -0.4 is 0 Å². The van der Waals surface area contributed by atoms with Crippen molar-refractivity contribution >= 4 is 48.9 Å².